The molecule has 0 amide bonds. The molecule has 1 rings (SSSR count). The fourth-order valence-corrected chi connectivity index (χ4v) is 1.15. The third kappa shape index (κ3) is 0.929. The molecule has 2 atom stereocenters. The molecular weight excluding hydrogens is 124 g/mol. The summed E-state index contributed by atoms with van der Waals surface area (Å²) in [6.07, 6.45) is 5.79. The number of hydrogen-bond acceptors (Lipinski definition) is 1. The summed E-state index contributed by atoms with van der Waals surface area (Å²) in [6.45, 7) is 11.0. The van der Waals surface area contributed by atoms with Crippen molar-refractivity contribution < 1.29 is 4.74 Å². The van der Waals surface area contributed by atoms with Crippen molar-refractivity contribution in [1.29, 1.82) is 0 Å². The Balaban J connectivity index is 2.52. The highest BCUT2D eigenvalue weighted by atomic mass is 16.5. The average Bonchev–Trinajstić information content (AvgIpc) is 1.89. The summed E-state index contributed by atoms with van der Waals surface area (Å²) >= 11 is 0. The van der Waals surface area contributed by atoms with Crippen LogP contribution >= 0.6 is 0 Å². The minimum Gasteiger partial charge on any atom is -0.365 e. The van der Waals surface area contributed by atoms with Gasteiger partial charge in [0.05, 0.1) is 12.2 Å². The first kappa shape index (κ1) is 7.29. The van der Waals surface area contributed by atoms with Gasteiger partial charge in [-0.15, -0.1) is 19.7 Å². The van der Waals surface area contributed by atoms with Crippen molar-refractivity contribution in [2.24, 2.45) is 5.92 Å². The highest BCUT2D eigenvalue weighted by molar-refractivity contribution is 5.10. The lowest BCUT2D eigenvalue weighted by atomic mass is 9.89. The summed E-state index contributed by atoms with van der Waals surface area (Å²) in [5, 5.41) is 0. The van der Waals surface area contributed by atoms with E-state index in [4.69, 9.17) is 4.74 Å². The van der Waals surface area contributed by atoms with E-state index in [-0.39, 0.29) is 12.2 Å². The molecule has 1 nitrogen and oxygen atoms in total. The normalized spacial score (nSPS) is 37.8. The second-order valence-electron chi connectivity index (χ2n) is 2.35. The molecule has 1 saturated heterocycles. The molecule has 0 aromatic rings. The molecule has 0 N–H and O–H groups in total. The first-order valence-corrected chi connectivity index (χ1v) is 3.36. The van der Waals surface area contributed by atoms with Gasteiger partial charge in [0, 0.05) is 5.92 Å². The standard InChI is InChI=1S/C9H12O/c1-4-7-8(5-2)10-9(7)6-3/h4-9H,1-3H2. The van der Waals surface area contributed by atoms with Gasteiger partial charge in [-0.05, 0) is 0 Å². The fourth-order valence-electron chi connectivity index (χ4n) is 1.15. The molecule has 0 aromatic carbocycles. The van der Waals surface area contributed by atoms with Crippen molar-refractivity contribution in [3.8, 4) is 0 Å². The molecule has 1 heterocycles. The fraction of sp³-hybridized carbons (Fsp3) is 0.333. The highest BCUT2D eigenvalue weighted by Gasteiger charge is 2.35. The van der Waals surface area contributed by atoms with Gasteiger partial charge in [0.2, 0.25) is 0 Å². The predicted octanol–water partition coefficient (Wildman–Crippen LogP) is 1.93. The van der Waals surface area contributed by atoms with Crippen LogP contribution in [0.1, 0.15) is 0 Å². The Morgan fingerprint density at radius 1 is 0.900 bits per heavy atom. The maximum Gasteiger partial charge on any atom is 0.0852 e. The van der Waals surface area contributed by atoms with Crippen LogP contribution in [0.3, 0.4) is 0 Å². The van der Waals surface area contributed by atoms with Gasteiger partial charge in [-0.3, -0.25) is 0 Å². The van der Waals surface area contributed by atoms with Gasteiger partial charge < -0.3 is 4.74 Å². The van der Waals surface area contributed by atoms with Gasteiger partial charge in [0.15, 0.2) is 0 Å². The van der Waals surface area contributed by atoms with Gasteiger partial charge in [0.1, 0.15) is 0 Å². The molecule has 10 heavy (non-hydrogen) atoms. The molecule has 1 fully saturated rings. The van der Waals surface area contributed by atoms with Crippen LogP contribution in [0.5, 0.6) is 0 Å². The van der Waals surface area contributed by atoms with Gasteiger partial charge in [0.25, 0.3) is 0 Å². The van der Waals surface area contributed by atoms with E-state index in [9.17, 15) is 0 Å². The predicted molar refractivity (Wildman–Crippen MR) is 42.7 cm³/mol. The van der Waals surface area contributed by atoms with E-state index in [1.807, 2.05) is 6.08 Å². The first-order chi connectivity index (χ1) is 4.83. The van der Waals surface area contributed by atoms with Crippen molar-refractivity contribution in [1.82, 2.24) is 0 Å². The zero-order valence-corrected chi connectivity index (χ0v) is 5.99. The van der Waals surface area contributed by atoms with Crippen molar-refractivity contribution in [3.05, 3.63) is 38.0 Å². The van der Waals surface area contributed by atoms with Crippen LogP contribution in [0.4, 0.5) is 0 Å². The lowest BCUT2D eigenvalue weighted by Gasteiger charge is -2.39. The van der Waals surface area contributed by atoms with E-state index in [0.29, 0.717) is 5.92 Å². The van der Waals surface area contributed by atoms with Gasteiger partial charge in [-0.2, -0.15) is 0 Å². The SMILES string of the molecule is C=CC1OC(C=C)C1C=C. The van der Waals surface area contributed by atoms with Crippen molar-refractivity contribution in [3.63, 3.8) is 0 Å². The van der Waals surface area contributed by atoms with Crippen LogP contribution in [0.2, 0.25) is 0 Å². The number of rotatable bonds is 3. The summed E-state index contributed by atoms with van der Waals surface area (Å²) in [7, 11) is 0. The van der Waals surface area contributed by atoms with Crippen molar-refractivity contribution in [2.45, 2.75) is 12.2 Å². The largest absolute Gasteiger partial charge is 0.365 e. The second-order valence-corrected chi connectivity index (χ2v) is 2.35. The quantitative estimate of drug-likeness (QED) is 0.539. The van der Waals surface area contributed by atoms with Gasteiger partial charge >= 0.3 is 0 Å². The first-order valence-electron chi connectivity index (χ1n) is 3.36. The minimum absolute atomic E-state index is 0.153. The van der Waals surface area contributed by atoms with Crippen LogP contribution in [0.15, 0.2) is 38.0 Å². The molecule has 0 aliphatic carbocycles. The Hall–Kier alpha value is -0.820. The highest BCUT2D eigenvalue weighted by Crippen LogP contribution is 2.30. The van der Waals surface area contributed by atoms with E-state index in [0.717, 1.165) is 0 Å². The Morgan fingerprint density at radius 2 is 1.40 bits per heavy atom. The summed E-state index contributed by atoms with van der Waals surface area (Å²) in [5.41, 5.74) is 0. The zero-order chi connectivity index (χ0) is 7.56. The lowest BCUT2D eigenvalue weighted by molar-refractivity contribution is -0.111. The minimum atomic E-state index is 0.153. The summed E-state index contributed by atoms with van der Waals surface area (Å²) < 4.78 is 5.33. The molecule has 0 spiro atoms. The van der Waals surface area contributed by atoms with E-state index >= 15 is 0 Å². The molecule has 0 bridgehead atoms. The molecule has 2 unspecified atom stereocenters. The summed E-state index contributed by atoms with van der Waals surface area (Å²) in [4.78, 5) is 0. The molecule has 1 aliphatic rings. The van der Waals surface area contributed by atoms with Crippen LogP contribution < -0.4 is 0 Å². The average molecular weight is 136 g/mol. The molecule has 0 aromatic heterocycles. The zero-order valence-electron chi connectivity index (χ0n) is 5.99. The topological polar surface area (TPSA) is 9.23 Å². The third-order valence-electron chi connectivity index (χ3n) is 1.81. The van der Waals surface area contributed by atoms with E-state index in [1.54, 1.807) is 12.2 Å². The molecular formula is C9H12O. The number of hydrogen-bond donors (Lipinski definition) is 0. The maximum absolute atomic E-state index is 5.33. The van der Waals surface area contributed by atoms with Crippen molar-refractivity contribution >= 4 is 0 Å². The van der Waals surface area contributed by atoms with Gasteiger partial charge in [-0.25, -0.2) is 0 Å². The number of ether oxygens (including phenoxy) is 1. The van der Waals surface area contributed by atoms with Crippen LogP contribution in [-0.4, -0.2) is 12.2 Å². The summed E-state index contributed by atoms with van der Waals surface area (Å²) in [5.74, 6) is 0.384. The lowest BCUT2D eigenvalue weighted by Crippen LogP contribution is -2.44. The van der Waals surface area contributed by atoms with Crippen molar-refractivity contribution in [2.75, 3.05) is 0 Å². The second kappa shape index (κ2) is 2.84. The Bertz CT molecular complexity index is 146. The Labute approximate surface area is 61.7 Å². The van der Waals surface area contributed by atoms with E-state index < -0.39 is 0 Å². The molecule has 54 valence electrons. The van der Waals surface area contributed by atoms with E-state index in [1.165, 1.54) is 0 Å². The van der Waals surface area contributed by atoms with E-state index in [2.05, 4.69) is 19.7 Å². The Kier molecular flexibility index (Phi) is 2.07. The van der Waals surface area contributed by atoms with Crippen LogP contribution in [-0.2, 0) is 4.74 Å². The molecule has 0 saturated carbocycles. The smallest absolute Gasteiger partial charge is 0.0852 e. The molecule has 0 radical (unpaired) electrons. The van der Waals surface area contributed by atoms with Crippen LogP contribution in [0, 0.1) is 5.92 Å². The molecule has 1 heteroatoms. The maximum atomic E-state index is 5.33. The van der Waals surface area contributed by atoms with Gasteiger partial charge in [-0.1, -0.05) is 18.2 Å². The third-order valence-corrected chi connectivity index (χ3v) is 1.81. The monoisotopic (exact) mass is 136 g/mol. The van der Waals surface area contributed by atoms with Crippen LogP contribution in [0.25, 0.3) is 0 Å². The Morgan fingerprint density at radius 3 is 1.70 bits per heavy atom. The molecule has 1 aliphatic heterocycles. The summed E-state index contributed by atoms with van der Waals surface area (Å²) in [6, 6.07) is 0.